The van der Waals surface area contributed by atoms with Crippen LogP contribution in [0.15, 0.2) is 29.3 Å². The second-order valence-electron chi connectivity index (χ2n) is 2.99. The lowest BCUT2D eigenvalue weighted by Gasteiger charge is -2.06. The Balaban J connectivity index is 2.29. The summed E-state index contributed by atoms with van der Waals surface area (Å²) in [6.07, 6.45) is 9.74. The van der Waals surface area contributed by atoms with E-state index in [0.717, 1.165) is 0 Å². The lowest BCUT2D eigenvalue weighted by Crippen LogP contribution is -2.06. The molecule has 0 saturated heterocycles. The highest BCUT2D eigenvalue weighted by Crippen LogP contribution is 2.23. The first-order valence-electron chi connectivity index (χ1n) is 3.79. The maximum absolute atomic E-state index is 4.49. The highest BCUT2D eigenvalue weighted by atomic mass is 14.8. The van der Waals surface area contributed by atoms with Crippen LogP contribution in [0, 0.1) is 5.92 Å². The molecule has 0 N–H and O–H groups in total. The van der Waals surface area contributed by atoms with Crippen molar-refractivity contribution in [3.8, 4) is 0 Å². The first-order valence-corrected chi connectivity index (χ1v) is 3.79. The molecule has 0 saturated carbocycles. The van der Waals surface area contributed by atoms with Gasteiger partial charge in [0.05, 0.1) is 0 Å². The molecule has 2 unspecified atom stereocenters. The average Bonchev–Trinajstić information content (AvgIpc) is 2.27. The molecule has 0 amide bonds. The molecule has 0 aromatic heterocycles. The number of hydrogen-bond acceptors (Lipinski definition) is 1. The maximum Gasteiger partial charge on any atom is 0.0484 e. The minimum Gasteiger partial charge on any atom is -0.286 e. The van der Waals surface area contributed by atoms with Crippen molar-refractivity contribution in [1.29, 1.82) is 0 Å². The molecule has 0 aromatic carbocycles. The largest absolute Gasteiger partial charge is 0.286 e. The Hall–Kier alpha value is -0.850. The van der Waals surface area contributed by atoms with Gasteiger partial charge in [0.25, 0.3) is 0 Å². The maximum atomic E-state index is 4.49. The summed E-state index contributed by atoms with van der Waals surface area (Å²) in [4.78, 5) is 4.49. The van der Waals surface area contributed by atoms with E-state index in [2.05, 4.69) is 36.2 Å². The Labute approximate surface area is 61.2 Å². The van der Waals surface area contributed by atoms with Gasteiger partial charge in [-0.15, -0.1) is 0 Å². The molecular formula is C9H11N. The Morgan fingerprint density at radius 2 is 2.40 bits per heavy atom. The molecule has 52 valence electrons. The lowest BCUT2D eigenvalue weighted by molar-refractivity contribution is 0.677. The second kappa shape index (κ2) is 2.08. The third-order valence-electron chi connectivity index (χ3n) is 2.07. The smallest absolute Gasteiger partial charge is 0.0484 e. The van der Waals surface area contributed by atoms with Crippen LogP contribution in [-0.4, -0.2) is 11.8 Å². The number of allylic oxidation sites excluding steroid dienone is 4. The van der Waals surface area contributed by atoms with E-state index in [4.69, 9.17) is 0 Å². The number of rotatable bonds is 0. The quantitative estimate of drug-likeness (QED) is 0.479. The fraction of sp³-hybridized carbons (Fsp3) is 0.444. The summed E-state index contributed by atoms with van der Waals surface area (Å²) in [5, 5.41) is 0. The van der Waals surface area contributed by atoms with E-state index < -0.39 is 0 Å². The zero-order valence-electron chi connectivity index (χ0n) is 6.12. The Morgan fingerprint density at radius 1 is 1.50 bits per heavy atom. The van der Waals surface area contributed by atoms with Crippen LogP contribution in [0.25, 0.3) is 0 Å². The van der Waals surface area contributed by atoms with Crippen LogP contribution in [-0.2, 0) is 0 Å². The van der Waals surface area contributed by atoms with E-state index in [1.165, 1.54) is 12.1 Å². The minimum absolute atomic E-state index is 0.535. The van der Waals surface area contributed by atoms with Crippen molar-refractivity contribution in [1.82, 2.24) is 0 Å². The van der Waals surface area contributed by atoms with Crippen LogP contribution in [0.5, 0.6) is 0 Å². The van der Waals surface area contributed by atoms with Crippen molar-refractivity contribution in [2.24, 2.45) is 10.9 Å². The van der Waals surface area contributed by atoms with Crippen molar-refractivity contribution in [3.05, 3.63) is 24.3 Å². The van der Waals surface area contributed by atoms with Crippen molar-refractivity contribution in [3.63, 3.8) is 0 Å². The van der Waals surface area contributed by atoms with E-state index in [9.17, 15) is 0 Å². The molecule has 0 radical (unpaired) electrons. The van der Waals surface area contributed by atoms with Gasteiger partial charge in [-0.1, -0.05) is 18.2 Å². The Morgan fingerprint density at radius 3 is 3.20 bits per heavy atom. The van der Waals surface area contributed by atoms with Crippen LogP contribution in [0.4, 0.5) is 0 Å². The predicted octanol–water partition coefficient (Wildman–Crippen LogP) is 1.96. The summed E-state index contributed by atoms with van der Waals surface area (Å²) in [7, 11) is 0. The van der Waals surface area contributed by atoms with Crippen molar-refractivity contribution in [2.75, 3.05) is 0 Å². The van der Waals surface area contributed by atoms with Crippen LogP contribution in [0.1, 0.15) is 13.3 Å². The summed E-state index contributed by atoms with van der Waals surface area (Å²) in [6, 6.07) is 0.535. The van der Waals surface area contributed by atoms with Crippen molar-refractivity contribution < 1.29 is 0 Å². The lowest BCUT2D eigenvalue weighted by atomic mass is 9.96. The monoisotopic (exact) mass is 133 g/mol. The number of aliphatic imine (C=N–C) groups is 1. The van der Waals surface area contributed by atoms with Gasteiger partial charge < -0.3 is 0 Å². The molecule has 2 atom stereocenters. The number of fused-ring (bicyclic) bond motifs is 1. The second-order valence-corrected chi connectivity index (χ2v) is 2.99. The molecule has 1 nitrogen and oxygen atoms in total. The van der Waals surface area contributed by atoms with Gasteiger partial charge in [0, 0.05) is 17.7 Å². The van der Waals surface area contributed by atoms with Gasteiger partial charge in [-0.25, -0.2) is 0 Å². The molecule has 2 aliphatic rings. The highest BCUT2D eigenvalue weighted by molar-refractivity contribution is 6.00. The third-order valence-corrected chi connectivity index (χ3v) is 2.07. The fourth-order valence-electron chi connectivity index (χ4n) is 1.59. The molecule has 0 spiro atoms. The number of hydrogen-bond donors (Lipinski definition) is 0. The van der Waals surface area contributed by atoms with E-state index in [1.807, 2.05) is 0 Å². The molecule has 0 aromatic rings. The zero-order valence-corrected chi connectivity index (χ0v) is 6.12. The predicted molar refractivity (Wildman–Crippen MR) is 43.3 cm³/mol. The standard InChI is InChI=1S/C9H11N/c1-7-6-8-4-2-3-5-9(8)10-7/h2-5,7-8H,6H2,1H3. The summed E-state index contributed by atoms with van der Waals surface area (Å²) in [6.45, 7) is 2.17. The Bertz CT molecular complexity index is 223. The highest BCUT2D eigenvalue weighted by Gasteiger charge is 2.22. The average molecular weight is 133 g/mol. The zero-order chi connectivity index (χ0) is 6.97. The first kappa shape index (κ1) is 5.90. The molecule has 1 aliphatic heterocycles. The molecule has 1 heteroatoms. The summed E-state index contributed by atoms with van der Waals surface area (Å²) >= 11 is 0. The van der Waals surface area contributed by atoms with Gasteiger partial charge in [-0.3, -0.25) is 4.99 Å². The van der Waals surface area contributed by atoms with Crippen molar-refractivity contribution >= 4 is 5.71 Å². The summed E-state index contributed by atoms with van der Waals surface area (Å²) in [5.74, 6) is 0.625. The van der Waals surface area contributed by atoms with Gasteiger partial charge in [-0.05, 0) is 19.4 Å². The molecule has 0 bridgehead atoms. The summed E-state index contributed by atoms with van der Waals surface area (Å²) in [5.41, 5.74) is 1.27. The molecule has 1 aliphatic carbocycles. The first-order chi connectivity index (χ1) is 4.86. The van der Waals surface area contributed by atoms with Gasteiger partial charge in [-0.2, -0.15) is 0 Å². The molecule has 0 fully saturated rings. The van der Waals surface area contributed by atoms with E-state index in [0.29, 0.717) is 12.0 Å². The third kappa shape index (κ3) is 0.821. The molecule has 2 rings (SSSR count). The summed E-state index contributed by atoms with van der Waals surface area (Å²) < 4.78 is 0. The minimum atomic E-state index is 0.535. The van der Waals surface area contributed by atoms with Crippen LogP contribution in [0.2, 0.25) is 0 Å². The van der Waals surface area contributed by atoms with Crippen LogP contribution >= 0.6 is 0 Å². The fourth-order valence-corrected chi connectivity index (χ4v) is 1.59. The van der Waals surface area contributed by atoms with Gasteiger partial charge in [0.15, 0.2) is 0 Å². The van der Waals surface area contributed by atoms with Crippen molar-refractivity contribution in [2.45, 2.75) is 19.4 Å². The normalized spacial score (nSPS) is 35.9. The van der Waals surface area contributed by atoms with Gasteiger partial charge in [0.2, 0.25) is 0 Å². The van der Waals surface area contributed by atoms with Gasteiger partial charge in [0.1, 0.15) is 0 Å². The molecule has 10 heavy (non-hydrogen) atoms. The molecule has 1 heterocycles. The van der Waals surface area contributed by atoms with E-state index >= 15 is 0 Å². The van der Waals surface area contributed by atoms with Crippen LogP contribution in [0.3, 0.4) is 0 Å². The van der Waals surface area contributed by atoms with Gasteiger partial charge >= 0.3 is 0 Å². The SMILES string of the molecule is CC1CC2C=CC=CC2=N1. The number of nitrogens with zero attached hydrogens (tertiary/aromatic N) is 1. The Kier molecular flexibility index (Phi) is 1.23. The molecular weight excluding hydrogens is 122 g/mol. The van der Waals surface area contributed by atoms with Crippen LogP contribution < -0.4 is 0 Å². The topological polar surface area (TPSA) is 12.4 Å². The van der Waals surface area contributed by atoms with E-state index in [1.54, 1.807) is 0 Å². The van der Waals surface area contributed by atoms with E-state index in [-0.39, 0.29) is 0 Å².